The third kappa shape index (κ3) is 1.93. The lowest BCUT2D eigenvalue weighted by Crippen LogP contribution is -2.01. The molecule has 17 heavy (non-hydrogen) atoms. The largest absolute Gasteiger partial charge is 0.298 e. The molecule has 88 valence electrons. The zero-order chi connectivity index (χ0) is 12.6. The molecule has 2 aromatic rings. The van der Waals surface area contributed by atoms with Crippen molar-refractivity contribution in [3.63, 3.8) is 0 Å². The number of aldehydes is 1. The molecule has 1 aromatic heterocycles. The zero-order valence-electron chi connectivity index (χ0n) is 8.75. The molecule has 0 atom stereocenters. The monoisotopic (exact) mass is 240 g/mol. The maximum Gasteiger partial charge on any atom is 0.161 e. The van der Waals surface area contributed by atoms with Gasteiger partial charge in [0.1, 0.15) is 5.69 Å². The maximum absolute atomic E-state index is 13.4. The van der Waals surface area contributed by atoms with Crippen molar-refractivity contribution in [2.45, 2.75) is 6.92 Å². The Morgan fingerprint density at radius 2 is 1.82 bits per heavy atom. The number of carbonyl (C=O) groups is 1. The van der Waals surface area contributed by atoms with Gasteiger partial charge in [-0.15, -0.1) is 0 Å². The van der Waals surface area contributed by atoms with Gasteiger partial charge in [-0.2, -0.15) is 5.10 Å². The molecule has 0 saturated carbocycles. The number of carbonyl (C=O) groups excluding carboxylic acids is 1. The van der Waals surface area contributed by atoms with Gasteiger partial charge in [0, 0.05) is 18.3 Å². The number of hydrogen-bond acceptors (Lipinski definition) is 2. The minimum absolute atomic E-state index is 0.250. The van der Waals surface area contributed by atoms with Crippen molar-refractivity contribution in [1.29, 1.82) is 0 Å². The molecule has 0 aliphatic carbocycles. The quantitative estimate of drug-likeness (QED) is 0.596. The van der Waals surface area contributed by atoms with E-state index in [1.165, 1.54) is 6.20 Å². The summed E-state index contributed by atoms with van der Waals surface area (Å²) in [6.45, 7) is 1.55. The topological polar surface area (TPSA) is 34.9 Å². The normalized spacial score (nSPS) is 10.6. The summed E-state index contributed by atoms with van der Waals surface area (Å²) in [5.41, 5.74) is 0.387. The first-order valence-corrected chi connectivity index (χ1v) is 4.69. The molecule has 0 aliphatic rings. The van der Waals surface area contributed by atoms with Crippen LogP contribution in [0.3, 0.4) is 0 Å². The molecule has 3 nitrogen and oxygen atoms in total. The third-order valence-corrected chi connectivity index (χ3v) is 2.30. The van der Waals surface area contributed by atoms with Crippen LogP contribution in [0.5, 0.6) is 0 Å². The summed E-state index contributed by atoms with van der Waals surface area (Å²) in [5, 5.41) is 3.84. The molecule has 0 saturated heterocycles. The van der Waals surface area contributed by atoms with Crippen molar-refractivity contribution in [2.75, 3.05) is 0 Å². The standard InChI is InChI=1S/C11H7F3N2O/c1-6-7(5-17)4-16(15-6)11-3-9(13)8(12)2-10(11)14/h2-5H,1H3. The van der Waals surface area contributed by atoms with E-state index < -0.39 is 17.5 Å². The van der Waals surface area contributed by atoms with Crippen molar-refractivity contribution in [3.05, 3.63) is 47.0 Å². The van der Waals surface area contributed by atoms with Gasteiger partial charge in [0.15, 0.2) is 23.7 Å². The summed E-state index contributed by atoms with van der Waals surface area (Å²) in [6, 6.07) is 1.12. The molecule has 2 rings (SSSR count). The number of aromatic nitrogens is 2. The molecule has 6 heteroatoms. The Balaban J connectivity index is 2.59. The highest BCUT2D eigenvalue weighted by Crippen LogP contribution is 2.18. The zero-order valence-corrected chi connectivity index (χ0v) is 8.75. The van der Waals surface area contributed by atoms with Crippen LogP contribution in [0.25, 0.3) is 5.69 Å². The molecule has 0 amide bonds. The summed E-state index contributed by atoms with van der Waals surface area (Å²) in [7, 11) is 0. The molecule has 0 N–H and O–H groups in total. The first-order chi connectivity index (χ1) is 8.02. The Morgan fingerprint density at radius 1 is 1.18 bits per heavy atom. The van der Waals surface area contributed by atoms with E-state index in [0.717, 1.165) is 4.68 Å². The van der Waals surface area contributed by atoms with E-state index in [0.29, 0.717) is 24.1 Å². The molecule has 0 aliphatic heterocycles. The lowest BCUT2D eigenvalue weighted by atomic mass is 10.3. The highest BCUT2D eigenvalue weighted by molar-refractivity contribution is 5.76. The SMILES string of the molecule is Cc1nn(-c2cc(F)c(F)cc2F)cc1C=O. The van der Waals surface area contributed by atoms with Gasteiger partial charge in [-0.3, -0.25) is 4.79 Å². The van der Waals surface area contributed by atoms with Crippen molar-refractivity contribution >= 4 is 6.29 Å². The van der Waals surface area contributed by atoms with Gasteiger partial charge < -0.3 is 0 Å². The number of benzene rings is 1. The van der Waals surface area contributed by atoms with Gasteiger partial charge in [-0.1, -0.05) is 0 Å². The van der Waals surface area contributed by atoms with E-state index in [1.54, 1.807) is 6.92 Å². The highest BCUT2D eigenvalue weighted by atomic mass is 19.2. The van der Waals surface area contributed by atoms with Gasteiger partial charge in [-0.05, 0) is 6.92 Å². The van der Waals surface area contributed by atoms with E-state index in [2.05, 4.69) is 5.10 Å². The Hall–Kier alpha value is -2.11. The van der Waals surface area contributed by atoms with Crippen LogP contribution in [0.4, 0.5) is 13.2 Å². The van der Waals surface area contributed by atoms with Crippen LogP contribution in [-0.2, 0) is 0 Å². The van der Waals surface area contributed by atoms with Gasteiger partial charge in [0.25, 0.3) is 0 Å². The minimum atomic E-state index is -1.27. The maximum atomic E-state index is 13.4. The van der Waals surface area contributed by atoms with E-state index in [-0.39, 0.29) is 11.3 Å². The molecular weight excluding hydrogens is 233 g/mol. The average Bonchev–Trinajstić information content (AvgIpc) is 2.65. The van der Waals surface area contributed by atoms with Gasteiger partial charge in [0.05, 0.1) is 11.3 Å². The number of rotatable bonds is 2. The summed E-state index contributed by atoms with van der Waals surface area (Å²) in [4.78, 5) is 10.6. The highest BCUT2D eigenvalue weighted by Gasteiger charge is 2.13. The van der Waals surface area contributed by atoms with Crippen LogP contribution in [0.15, 0.2) is 18.3 Å². The summed E-state index contributed by atoms with van der Waals surface area (Å²) < 4.78 is 40.1. The average molecular weight is 240 g/mol. The van der Waals surface area contributed by atoms with E-state index in [9.17, 15) is 18.0 Å². The fourth-order valence-corrected chi connectivity index (χ4v) is 1.40. The first-order valence-electron chi connectivity index (χ1n) is 4.69. The Labute approximate surface area is 94.5 Å². The molecule has 0 spiro atoms. The van der Waals surface area contributed by atoms with Gasteiger partial charge in [0.2, 0.25) is 0 Å². The molecule has 0 fully saturated rings. The third-order valence-electron chi connectivity index (χ3n) is 2.30. The molecule has 1 heterocycles. The number of hydrogen-bond donors (Lipinski definition) is 0. The molecule has 0 unspecified atom stereocenters. The second-order valence-electron chi connectivity index (χ2n) is 3.45. The van der Waals surface area contributed by atoms with Crippen LogP contribution in [0.1, 0.15) is 16.1 Å². The van der Waals surface area contributed by atoms with E-state index in [1.807, 2.05) is 0 Å². The predicted molar refractivity (Wildman–Crippen MR) is 53.6 cm³/mol. The molecule has 0 bridgehead atoms. The lowest BCUT2D eigenvalue weighted by Gasteiger charge is -2.03. The predicted octanol–water partition coefficient (Wildman–Crippen LogP) is 2.41. The Morgan fingerprint density at radius 3 is 2.41 bits per heavy atom. The first kappa shape index (κ1) is 11.4. The smallest absolute Gasteiger partial charge is 0.161 e. The summed E-state index contributed by atoms with van der Waals surface area (Å²) in [5.74, 6) is -3.41. The molecular formula is C11H7F3N2O. The number of aryl methyl sites for hydroxylation is 1. The molecule has 0 radical (unpaired) electrons. The molecule has 1 aromatic carbocycles. The van der Waals surface area contributed by atoms with E-state index >= 15 is 0 Å². The van der Waals surface area contributed by atoms with Crippen molar-refractivity contribution in [1.82, 2.24) is 9.78 Å². The second-order valence-corrected chi connectivity index (χ2v) is 3.45. The summed E-state index contributed by atoms with van der Waals surface area (Å²) >= 11 is 0. The number of nitrogens with zero attached hydrogens (tertiary/aromatic N) is 2. The lowest BCUT2D eigenvalue weighted by molar-refractivity contribution is 0.112. The van der Waals surface area contributed by atoms with Crippen molar-refractivity contribution in [2.24, 2.45) is 0 Å². The minimum Gasteiger partial charge on any atom is -0.298 e. The van der Waals surface area contributed by atoms with Crippen LogP contribution >= 0.6 is 0 Å². The van der Waals surface area contributed by atoms with Gasteiger partial charge in [-0.25, -0.2) is 17.9 Å². The van der Waals surface area contributed by atoms with Crippen molar-refractivity contribution < 1.29 is 18.0 Å². The van der Waals surface area contributed by atoms with Crippen LogP contribution in [0, 0.1) is 24.4 Å². The fourth-order valence-electron chi connectivity index (χ4n) is 1.40. The summed E-state index contributed by atoms with van der Waals surface area (Å²) in [6.07, 6.45) is 1.80. The fraction of sp³-hybridized carbons (Fsp3) is 0.0909. The number of halogens is 3. The second kappa shape index (κ2) is 4.04. The van der Waals surface area contributed by atoms with Crippen LogP contribution in [0.2, 0.25) is 0 Å². The van der Waals surface area contributed by atoms with E-state index in [4.69, 9.17) is 0 Å². The van der Waals surface area contributed by atoms with Crippen LogP contribution < -0.4 is 0 Å². The van der Waals surface area contributed by atoms with Crippen LogP contribution in [-0.4, -0.2) is 16.1 Å². The Bertz CT molecular complexity index is 593. The Kier molecular flexibility index (Phi) is 2.71. The van der Waals surface area contributed by atoms with Crippen molar-refractivity contribution in [3.8, 4) is 5.69 Å². The van der Waals surface area contributed by atoms with Gasteiger partial charge >= 0.3 is 0 Å².